The second-order valence-electron chi connectivity index (χ2n) is 12.2. The Morgan fingerprint density at radius 2 is 1.98 bits per heavy atom. The van der Waals surface area contributed by atoms with E-state index in [-0.39, 0.29) is 41.4 Å². The number of aliphatic hydroxyl groups excluding tert-OH is 1. The highest BCUT2D eigenvalue weighted by Crippen LogP contribution is 2.42. The fraction of sp³-hybridized carbons (Fsp3) is 0.485. The summed E-state index contributed by atoms with van der Waals surface area (Å²) in [5.41, 5.74) is -0.182. The average Bonchev–Trinajstić information content (AvgIpc) is 3.55. The molecule has 3 atom stereocenters. The van der Waals surface area contributed by atoms with Crippen LogP contribution in [0.25, 0.3) is 11.2 Å². The number of aryl methyl sites for hydroxylation is 2. The maximum atomic E-state index is 14.6. The number of aromatic nitrogens is 4. The highest BCUT2D eigenvalue weighted by molar-refractivity contribution is 8.13. The van der Waals surface area contributed by atoms with Gasteiger partial charge in [-0.2, -0.15) is 14.4 Å². The van der Waals surface area contributed by atoms with Crippen LogP contribution in [0.5, 0.6) is 5.75 Å². The zero-order valence-corrected chi connectivity index (χ0v) is 28.4. The molecule has 1 fully saturated rings. The monoisotopic (exact) mass is 683 g/mol. The Labute approximate surface area is 281 Å². The van der Waals surface area contributed by atoms with Gasteiger partial charge in [0.25, 0.3) is 0 Å². The molecule has 1 amide bonds. The smallest absolute Gasteiger partial charge is 0.312 e. The number of nitrogens with zero attached hydrogens (tertiary/aromatic N) is 4. The zero-order chi connectivity index (χ0) is 35.4. The van der Waals surface area contributed by atoms with Gasteiger partial charge < -0.3 is 24.6 Å². The van der Waals surface area contributed by atoms with Crippen molar-refractivity contribution >= 4 is 51.7 Å². The number of nitrogens with one attached hydrogen (secondary N) is 1. The number of terminal acetylenes is 1. The molecule has 13 nitrogen and oxygen atoms in total. The third kappa shape index (κ3) is 8.18. The van der Waals surface area contributed by atoms with E-state index < -0.39 is 53.9 Å². The molecule has 2 aromatic heterocycles. The van der Waals surface area contributed by atoms with Crippen molar-refractivity contribution in [2.45, 2.75) is 90.6 Å². The summed E-state index contributed by atoms with van der Waals surface area (Å²) in [7, 11) is 0. The van der Waals surface area contributed by atoms with Gasteiger partial charge in [0.1, 0.15) is 18.1 Å². The molecule has 3 heterocycles. The summed E-state index contributed by atoms with van der Waals surface area (Å²) in [6.07, 6.45) is 4.15. The molecule has 4 rings (SSSR count). The maximum Gasteiger partial charge on any atom is 0.312 e. The number of carbonyl (C=O) groups excluding carboxylic acids is 4. The number of fused-ring (bicyclic) bond motifs is 1. The highest BCUT2D eigenvalue weighted by atomic mass is 32.2. The van der Waals surface area contributed by atoms with E-state index in [1.54, 1.807) is 6.07 Å². The molecular weight excluding hydrogens is 645 g/mol. The first kappa shape index (κ1) is 36.4. The van der Waals surface area contributed by atoms with Gasteiger partial charge in [0, 0.05) is 43.4 Å². The van der Waals surface area contributed by atoms with E-state index in [9.17, 15) is 28.7 Å². The van der Waals surface area contributed by atoms with Crippen molar-refractivity contribution in [1.82, 2.24) is 19.5 Å². The van der Waals surface area contributed by atoms with Gasteiger partial charge in [0.15, 0.2) is 27.7 Å². The fourth-order valence-corrected chi connectivity index (χ4v) is 6.45. The SMILES string of the molecule is C#C[C@]1(CO)O[C@@H](n2cnc3c(NC(=O)CCCSC(C)=O)nc(F)nc32)C[C@@H]1OC(=O)CC(C)(C)c1c(C)cc(C)cc1OC(C)=O. The van der Waals surface area contributed by atoms with Crippen LogP contribution in [-0.4, -0.2) is 71.7 Å². The Balaban J connectivity index is 1.55. The molecule has 15 heteroatoms. The molecule has 0 saturated carbocycles. The minimum Gasteiger partial charge on any atom is -0.458 e. The van der Waals surface area contributed by atoms with Crippen molar-refractivity contribution in [3.8, 4) is 18.1 Å². The summed E-state index contributed by atoms with van der Waals surface area (Å²) in [4.78, 5) is 60.7. The van der Waals surface area contributed by atoms with Crippen LogP contribution >= 0.6 is 11.8 Å². The number of amides is 1. The highest BCUT2D eigenvalue weighted by Gasteiger charge is 2.51. The van der Waals surface area contributed by atoms with E-state index in [4.69, 9.17) is 20.6 Å². The topological polar surface area (TPSA) is 172 Å². The van der Waals surface area contributed by atoms with E-state index in [1.165, 1.54) is 24.7 Å². The van der Waals surface area contributed by atoms with E-state index in [2.05, 4.69) is 26.2 Å². The fourth-order valence-electron chi connectivity index (χ4n) is 5.88. The molecule has 0 unspecified atom stereocenters. The van der Waals surface area contributed by atoms with Gasteiger partial charge >= 0.3 is 18.0 Å². The van der Waals surface area contributed by atoms with Crippen LogP contribution in [0.15, 0.2) is 18.5 Å². The van der Waals surface area contributed by atoms with E-state index in [0.29, 0.717) is 23.5 Å². The normalized spacial score (nSPS) is 19.1. The number of esters is 2. The van der Waals surface area contributed by atoms with Gasteiger partial charge in [-0.3, -0.25) is 23.7 Å². The lowest BCUT2D eigenvalue weighted by Crippen LogP contribution is -2.44. The second kappa shape index (κ2) is 14.8. The van der Waals surface area contributed by atoms with Crippen LogP contribution in [0, 0.1) is 32.3 Å². The Bertz CT molecular complexity index is 1790. The first-order valence-electron chi connectivity index (χ1n) is 15.2. The minimum absolute atomic E-state index is 0.0280. The van der Waals surface area contributed by atoms with Crippen LogP contribution in [0.1, 0.15) is 76.3 Å². The number of aliphatic hydroxyl groups is 1. The number of benzene rings is 1. The van der Waals surface area contributed by atoms with E-state index >= 15 is 0 Å². The lowest BCUT2D eigenvalue weighted by molar-refractivity contribution is -0.160. The molecule has 0 radical (unpaired) electrons. The number of rotatable bonds is 12. The molecule has 0 aliphatic carbocycles. The third-order valence-corrected chi connectivity index (χ3v) is 8.71. The average molecular weight is 684 g/mol. The molecule has 1 aromatic carbocycles. The largest absolute Gasteiger partial charge is 0.458 e. The second-order valence-corrected chi connectivity index (χ2v) is 13.5. The van der Waals surface area contributed by atoms with Crippen molar-refractivity contribution in [2.75, 3.05) is 17.7 Å². The van der Waals surface area contributed by atoms with Crippen LogP contribution in [0.4, 0.5) is 10.2 Å². The quantitative estimate of drug-likeness (QED) is 0.0923. The van der Waals surface area contributed by atoms with Gasteiger partial charge in [-0.05, 0) is 37.5 Å². The molecule has 1 aliphatic heterocycles. The van der Waals surface area contributed by atoms with E-state index in [1.807, 2.05) is 33.8 Å². The Kier molecular flexibility index (Phi) is 11.2. The number of hydrogen-bond donors (Lipinski definition) is 2. The zero-order valence-electron chi connectivity index (χ0n) is 27.6. The van der Waals surface area contributed by atoms with Gasteiger partial charge in [-0.15, -0.1) is 6.42 Å². The molecule has 256 valence electrons. The number of ether oxygens (including phenoxy) is 3. The van der Waals surface area contributed by atoms with Gasteiger partial charge in [-0.1, -0.05) is 37.6 Å². The number of hydrogen-bond acceptors (Lipinski definition) is 12. The molecule has 3 aromatic rings. The summed E-state index contributed by atoms with van der Waals surface area (Å²) in [5.74, 6) is 1.46. The first-order valence-corrected chi connectivity index (χ1v) is 16.2. The van der Waals surface area contributed by atoms with Crippen LogP contribution in [0.3, 0.4) is 0 Å². The molecule has 1 saturated heterocycles. The summed E-state index contributed by atoms with van der Waals surface area (Å²) in [6.45, 7) is 9.41. The molecule has 2 N–H and O–H groups in total. The summed E-state index contributed by atoms with van der Waals surface area (Å²) < 4.78 is 33.4. The van der Waals surface area contributed by atoms with Gasteiger partial charge in [-0.25, -0.2) is 4.98 Å². The Morgan fingerprint density at radius 3 is 2.62 bits per heavy atom. The van der Waals surface area contributed by atoms with Gasteiger partial charge in [0.05, 0.1) is 19.4 Å². The Hall–Kier alpha value is -4.39. The van der Waals surface area contributed by atoms with Crippen molar-refractivity contribution in [1.29, 1.82) is 0 Å². The van der Waals surface area contributed by atoms with E-state index in [0.717, 1.165) is 22.9 Å². The van der Waals surface area contributed by atoms with Crippen molar-refractivity contribution in [3.63, 3.8) is 0 Å². The number of carbonyl (C=O) groups is 4. The van der Waals surface area contributed by atoms with Gasteiger partial charge in [0.2, 0.25) is 5.91 Å². The third-order valence-electron chi connectivity index (χ3n) is 7.81. The number of thioether (sulfide) groups is 1. The van der Waals surface area contributed by atoms with Crippen molar-refractivity contribution in [3.05, 3.63) is 41.2 Å². The standard InChI is InChI=1S/C33H38FN5O8S/c1-8-33(16-40)23(46-26(44)15-32(6,7)27-19(3)12-18(2)13-22(27)45-20(4)41)14-25(47-33)39-17-35-28-29(37-31(34)38-30(28)39)36-24(43)10-9-11-48-21(5)42/h1,12-13,17,23,25,40H,9-11,14-16H2,2-7H3,(H,36,37,38,43)/t23-,25+,33+/m0/s1. The molecule has 1 aliphatic rings. The molecular formula is C33H38FN5O8S. The maximum absolute atomic E-state index is 14.6. The summed E-state index contributed by atoms with van der Waals surface area (Å²) in [5, 5.41) is 12.8. The molecule has 48 heavy (non-hydrogen) atoms. The summed E-state index contributed by atoms with van der Waals surface area (Å²) in [6, 6.07) is 3.66. The number of halogens is 1. The van der Waals surface area contributed by atoms with Crippen LogP contribution in [-0.2, 0) is 34.1 Å². The molecule has 0 spiro atoms. The number of anilines is 1. The van der Waals surface area contributed by atoms with Crippen LogP contribution < -0.4 is 10.1 Å². The predicted molar refractivity (Wildman–Crippen MR) is 174 cm³/mol. The minimum atomic E-state index is -1.75. The van der Waals surface area contributed by atoms with Crippen molar-refractivity contribution in [2.24, 2.45) is 0 Å². The summed E-state index contributed by atoms with van der Waals surface area (Å²) >= 11 is 1.10. The Morgan fingerprint density at radius 1 is 1.25 bits per heavy atom. The predicted octanol–water partition coefficient (Wildman–Crippen LogP) is 4.07. The number of imidazole rings is 1. The van der Waals surface area contributed by atoms with Crippen molar-refractivity contribution < 1.29 is 42.9 Å². The van der Waals surface area contributed by atoms with Crippen LogP contribution in [0.2, 0.25) is 0 Å². The first-order chi connectivity index (χ1) is 22.6. The lowest BCUT2D eigenvalue weighted by atomic mass is 9.78. The lowest BCUT2D eigenvalue weighted by Gasteiger charge is -2.31. The molecule has 0 bridgehead atoms.